The summed E-state index contributed by atoms with van der Waals surface area (Å²) in [5.41, 5.74) is 5.41. The van der Waals surface area contributed by atoms with E-state index in [1.807, 2.05) is 12.5 Å². The number of benzene rings is 1. The van der Waals surface area contributed by atoms with Gasteiger partial charge in [0, 0.05) is 18.9 Å². The Morgan fingerprint density at radius 3 is 2.95 bits per heavy atom. The Kier molecular flexibility index (Phi) is 3.36. The molecule has 0 N–H and O–H groups in total. The van der Waals surface area contributed by atoms with Crippen LogP contribution in [0.15, 0.2) is 36.9 Å². The van der Waals surface area contributed by atoms with Crippen molar-refractivity contribution >= 4 is 0 Å². The molecule has 0 saturated carbocycles. The van der Waals surface area contributed by atoms with Gasteiger partial charge in [-0.1, -0.05) is 32.0 Å². The van der Waals surface area contributed by atoms with Gasteiger partial charge < -0.3 is 4.57 Å². The van der Waals surface area contributed by atoms with E-state index in [1.165, 1.54) is 32.1 Å². The van der Waals surface area contributed by atoms with Crippen molar-refractivity contribution in [1.82, 2.24) is 9.55 Å². The lowest BCUT2D eigenvalue weighted by Crippen LogP contribution is -2.43. The molecule has 4 rings (SSSR count). The van der Waals surface area contributed by atoms with Crippen LogP contribution in [0.2, 0.25) is 0 Å². The minimum atomic E-state index is 0.410. The molecule has 0 spiro atoms. The number of rotatable bonds is 3. The second-order valence-corrected chi connectivity index (χ2v) is 7.65. The van der Waals surface area contributed by atoms with E-state index in [0.717, 1.165) is 18.4 Å². The predicted octanol–water partition coefficient (Wildman–Crippen LogP) is 4.38. The largest absolute Gasteiger partial charge is 0.337 e. The maximum absolute atomic E-state index is 4.21. The molecule has 1 aromatic heterocycles. The van der Waals surface area contributed by atoms with Crippen LogP contribution in [-0.4, -0.2) is 9.55 Å². The Labute approximate surface area is 133 Å². The van der Waals surface area contributed by atoms with E-state index < -0.39 is 0 Å². The summed E-state index contributed by atoms with van der Waals surface area (Å²) in [6, 6.07) is 7.05. The summed E-state index contributed by atoms with van der Waals surface area (Å²) in [5.74, 6) is 1.45. The summed E-state index contributed by atoms with van der Waals surface area (Å²) in [7, 11) is 0. The van der Waals surface area contributed by atoms with Gasteiger partial charge in [-0.3, -0.25) is 0 Å². The van der Waals surface area contributed by atoms with Crippen molar-refractivity contribution in [3.05, 3.63) is 53.6 Å². The monoisotopic (exact) mass is 294 g/mol. The van der Waals surface area contributed by atoms with Crippen LogP contribution in [0.4, 0.5) is 0 Å². The van der Waals surface area contributed by atoms with Crippen molar-refractivity contribution in [2.24, 2.45) is 11.8 Å². The van der Waals surface area contributed by atoms with Gasteiger partial charge in [-0.25, -0.2) is 4.98 Å². The quantitative estimate of drug-likeness (QED) is 0.821. The molecule has 0 saturated heterocycles. The van der Waals surface area contributed by atoms with E-state index >= 15 is 0 Å². The molecule has 0 unspecified atom stereocenters. The fourth-order valence-corrected chi connectivity index (χ4v) is 5.13. The van der Waals surface area contributed by atoms with Gasteiger partial charge in [-0.05, 0) is 66.0 Å². The van der Waals surface area contributed by atoms with Crippen molar-refractivity contribution < 1.29 is 0 Å². The minimum Gasteiger partial charge on any atom is -0.337 e. The van der Waals surface area contributed by atoms with Crippen LogP contribution in [0.1, 0.15) is 49.8 Å². The highest BCUT2D eigenvalue weighted by molar-refractivity contribution is 5.46. The fourth-order valence-electron chi connectivity index (χ4n) is 5.13. The normalized spacial score (nSPS) is 27.0. The predicted molar refractivity (Wildman–Crippen MR) is 89.9 cm³/mol. The van der Waals surface area contributed by atoms with Gasteiger partial charge in [0.25, 0.3) is 0 Å². The standard InChI is InChI=1S/C20H26N2/c1-15(2)20-8-4-7-17-5-3-6-18(19(17)20)11-16(12-20)13-22-10-9-21-14-22/h3,5-6,9-10,14-16H,4,7-8,11-13H2,1-2H3/t16-,20+/m0/s1. The average Bonchev–Trinajstić information content (AvgIpc) is 3.00. The smallest absolute Gasteiger partial charge is 0.0945 e. The van der Waals surface area contributed by atoms with Crippen LogP contribution in [0.5, 0.6) is 0 Å². The van der Waals surface area contributed by atoms with E-state index in [-0.39, 0.29) is 0 Å². The number of aromatic nitrogens is 2. The van der Waals surface area contributed by atoms with Crippen LogP contribution < -0.4 is 0 Å². The van der Waals surface area contributed by atoms with Crippen LogP contribution in [0.3, 0.4) is 0 Å². The number of aryl methyl sites for hydroxylation is 1. The lowest BCUT2D eigenvalue weighted by Gasteiger charge is -2.49. The first-order chi connectivity index (χ1) is 10.7. The Balaban J connectivity index is 1.75. The van der Waals surface area contributed by atoms with Crippen molar-refractivity contribution in [3.63, 3.8) is 0 Å². The van der Waals surface area contributed by atoms with E-state index in [0.29, 0.717) is 5.41 Å². The topological polar surface area (TPSA) is 17.8 Å². The molecule has 0 aliphatic heterocycles. The summed E-state index contributed by atoms with van der Waals surface area (Å²) in [6.45, 7) is 5.98. The Bertz CT molecular complexity index is 656. The van der Waals surface area contributed by atoms with E-state index in [1.54, 1.807) is 16.7 Å². The third-order valence-electron chi connectivity index (χ3n) is 6.10. The number of imidazole rings is 1. The second-order valence-electron chi connectivity index (χ2n) is 7.65. The third kappa shape index (κ3) is 2.12. The maximum Gasteiger partial charge on any atom is 0.0945 e. The van der Waals surface area contributed by atoms with Gasteiger partial charge in [-0.15, -0.1) is 0 Å². The van der Waals surface area contributed by atoms with Crippen molar-refractivity contribution in [2.45, 2.75) is 57.9 Å². The summed E-state index contributed by atoms with van der Waals surface area (Å²) in [5, 5.41) is 0. The molecule has 2 aliphatic carbocycles. The Morgan fingerprint density at radius 1 is 1.32 bits per heavy atom. The molecule has 22 heavy (non-hydrogen) atoms. The maximum atomic E-state index is 4.21. The van der Waals surface area contributed by atoms with Crippen molar-refractivity contribution in [2.75, 3.05) is 0 Å². The van der Waals surface area contributed by atoms with Gasteiger partial charge >= 0.3 is 0 Å². The van der Waals surface area contributed by atoms with Crippen molar-refractivity contribution in [1.29, 1.82) is 0 Å². The van der Waals surface area contributed by atoms with Crippen molar-refractivity contribution in [3.8, 4) is 0 Å². The van der Waals surface area contributed by atoms with Gasteiger partial charge in [0.05, 0.1) is 6.33 Å². The molecule has 116 valence electrons. The Hall–Kier alpha value is -1.57. The van der Waals surface area contributed by atoms with Crippen LogP contribution >= 0.6 is 0 Å². The molecular formula is C20H26N2. The van der Waals surface area contributed by atoms with Gasteiger partial charge in [0.15, 0.2) is 0 Å². The fraction of sp³-hybridized carbons (Fsp3) is 0.550. The Morgan fingerprint density at radius 2 is 2.18 bits per heavy atom. The molecule has 2 aromatic rings. The highest BCUT2D eigenvalue weighted by atomic mass is 15.0. The molecule has 2 nitrogen and oxygen atoms in total. The number of hydrogen-bond acceptors (Lipinski definition) is 1. The van der Waals surface area contributed by atoms with Crippen LogP contribution in [-0.2, 0) is 24.8 Å². The molecule has 0 bridgehead atoms. The molecule has 0 amide bonds. The van der Waals surface area contributed by atoms with E-state index in [2.05, 4.69) is 47.8 Å². The second kappa shape index (κ2) is 5.26. The number of hydrogen-bond donors (Lipinski definition) is 0. The summed E-state index contributed by atoms with van der Waals surface area (Å²) < 4.78 is 2.26. The van der Waals surface area contributed by atoms with Crippen LogP contribution in [0.25, 0.3) is 0 Å². The molecule has 0 fully saturated rings. The molecule has 2 aliphatic rings. The highest BCUT2D eigenvalue weighted by Crippen LogP contribution is 2.52. The zero-order chi connectivity index (χ0) is 15.2. The van der Waals surface area contributed by atoms with Crippen LogP contribution in [0, 0.1) is 11.8 Å². The third-order valence-corrected chi connectivity index (χ3v) is 6.10. The lowest BCUT2D eigenvalue weighted by atomic mass is 9.55. The lowest BCUT2D eigenvalue weighted by molar-refractivity contribution is 0.175. The van der Waals surface area contributed by atoms with Gasteiger partial charge in [0.1, 0.15) is 0 Å². The zero-order valence-electron chi connectivity index (χ0n) is 13.8. The van der Waals surface area contributed by atoms with Gasteiger partial charge in [-0.2, -0.15) is 0 Å². The first-order valence-electron chi connectivity index (χ1n) is 8.76. The summed E-state index contributed by atoms with van der Waals surface area (Å²) in [4.78, 5) is 4.21. The minimum absolute atomic E-state index is 0.410. The molecule has 1 aromatic carbocycles. The van der Waals surface area contributed by atoms with E-state index in [4.69, 9.17) is 0 Å². The van der Waals surface area contributed by atoms with Gasteiger partial charge in [0.2, 0.25) is 0 Å². The molecule has 1 heterocycles. The summed E-state index contributed by atoms with van der Waals surface area (Å²) >= 11 is 0. The molecular weight excluding hydrogens is 268 g/mol. The highest BCUT2D eigenvalue weighted by Gasteiger charge is 2.45. The first-order valence-corrected chi connectivity index (χ1v) is 8.76. The molecule has 0 radical (unpaired) electrons. The first kappa shape index (κ1) is 14.0. The average molecular weight is 294 g/mol. The van der Waals surface area contributed by atoms with E-state index in [9.17, 15) is 0 Å². The SMILES string of the molecule is CC(C)[C@]12CCCc3cccc(c31)C[C@H](Cn1ccnc1)C2. The molecule has 2 atom stereocenters. The molecule has 2 heteroatoms. The summed E-state index contributed by atoms with van der Waals surface area (Å²) in [6.07, 6.45) is 12.5. The zero-order valence-corrected chi connectivity index (χ0v) is 13.8. The number of nitrogens with zero attached hydrogens (tertiary/aromatic N) is 2.